The lowest BCUT2D eigenvalue weighted by molar-refractivity contribution is 0.0994. The van der Waals surface area contributed by atoms with Gasteiger partial charge in [0.2, 0.25) is 0 Å². The van der Waals surface area contributed by atoms with Gasteiger partial charge in [-0.3, -0.25) is 9.59 Å². The lowest BCUT2D eigenvalue weighted by atomic mass is 10.1. The second-order valence-corrected chi connectivity index (χ2v) is 4.24. The van der Waals surface area contributed by atoms with Gasteiger partial charge in [0.25, 0.3) is 0 Å². The summed E-state index contributed by atoms with van der Waals surface area (Å²) in [4.78, 5) is 23.5. The fourth-order valence-electron chi connectivity index (χ4n) is 1.71. The summed E-state index contributed by atoms with van der Waals surface area (Å²) in [7, 11) is 0. The molecule has 2 aromatic rings. The summed E-state index contributed by atoms with van der Waals surface area (Å²) < 4.78 is 0. The first kappa shape index (κ1) is 13.7. The van der Waals surface area contributed by atoms with Crippen molar-refractivity contribution < 1.29 is 9.59 Å². The van der Waals surface area contributed by atoms with Crippen molar-refractivity contribution in [2.75, 3.05) is 0 Å². The van der Waals surface area contributed by atoms with Gasteiger partial charge >= 0.3 is 0 Å². The maximum absolute atomic E-state index is 11.8. The highest BCUT2D eigenvalue weighted by Gasteiger charge is 2.01. The summed E-state index contributed by atoms with van der Waals surface area (Å²) in [6.07, 6.45) is 3.17. The molecule has 0 N–H and O–H groups in total. The fourth-order valence-corrected chi connectivity index (χ4v) is 1.71. The second kappa shape index (κ2) is 7.03. The van der Waals surface area contributed by atoms with E-state index in [0.29, 0.717) is 11.1 Å². The molecular weight excluding hydrogens is 248 g/mol. The number of Topliss-reactive ketones (excluding diaryl/α,β-unsaturated/α-hetero) is 1. The largest absolute Gasteiger partial charge is 0.294 e. The number of rotatable bonds is 5. The van der Waals surface area contributed by atoms with Crippen LogP contribution in [0.4, 0.5) is 0 Å². The average molecular weight is 262 g/mol. The van der Waals surface area contributed by atoms with Crippen LogP contribution in [-0.2, 0) is 0 Å². The van der Waals surface area contributed by atoms with Gasteiger partial charge in [-0.05, 0) is 6.08 Å². The molecule has 2 aromatic carbocycles. The van der Waals surface area contributed by atoms with Gasteiger partial charge in [-0.25, -0.2) is 0 Å². The molecule has 0 spiro atoms. The summed E-state index contributed by atoms with van der Waals surface area (Å²) in [5.41, 5.74) is 4.04. The Morgan fingerprint density at radius 2 is 1.40 bits per heavy atom. The second-order valence-electron chi connectivity index (χ2n) is 4.24. The normalized spacial score (nSPS) is 9.40. The number of hydrogen-bond acceptors (Lipinski definition) is 2. The van der Waals surface area contributed by atoms with Crippen LogP contribution < -0.4 is 0 Å². The summed E-state index contributed by atoms with van der Waals surface area (Å²) in [5.74, 6) is -0.104. The Kier molecular flexibility index (Phi) is 4.82. The molecule has 2 rings (SSSR count). The minimum Gasteiger partial charge on any atom is -0.294 e. The molecule has 0 radical (unpaired) electrons. The minimum atomic E-state index is -0.117. The smallest absolute Gasteiger partial charge is 0.193 e. The molecule has 20 heavy (non-hydrogen) atoms. The standard InChI is InChI=1S/C18H14O2/c19-17(15-9-3-1-4-10-15)13-7-8-14-18(20)16-11-5-2-6-12-16/h1-7,9-12,14H,13H2. The zero-order chi connectivity index (χ0) is 14.2. The van der Waals surface area contributed by atoms with Gasteiger partial charge in [0.05, 0.1) is 0 Å². The van der Waals surface area contributed by atoms with Crippen LogP contribution in [0.15, 0.2) is 78.5 Å². The molecule has 2 heteroatoms. The van der Waals surface area contributed by atoms with E-state index in [1.54, 1.807) is 30.3 Å². The Morgan fingerprint density at radius 1 is 0.850 bits per heavy atom. The molecule has 0 aromatic heterocycles. The van der Waals surface area contributed by atoms with Crippen molar-refractivity contribution in [3.05, 3.63) is 89.7 Å². The van der Waals surface area contributed by atoms with Crippen LogP contribution in [0.25, 0.3) is 0 Å². The van der Waals surface area contributed by atoms with Crippen molar-refractivity contribution in [1.82, 2.24) is 0 Å². The van der Waals surface area contributed by atoms with Crippen LogP contribution in [0.1, 0.15) is 27.1 Å². The molecule has 0 atom stereocenters. The molecule has 0 fully saturated rings. The topological polar surface area (TPSA) is 34.1 Å². The van der Waals surface area contributed by atoms with Crippen LogP contribution in [0.3, 0.4) is 0 Å². The van der Waals surface area contributed by atoms with Gasteiger partial charge in [-0.15, -0.1) is 5.73 Å². The first-order valence-corrected chi connectivity index (χ1v) is 6.36. The maximum Gasteiger partial charge on any atom is 0.193 e. The zero-order valence-corrected chi connectivity index (χ0v) is 11.0. The van der Waals surface area contributed by atoms with Crippen molar-refractivity contribution >= 4 is 11.6 Å². The van der Waals surface area contributed by atoms with E-state index in [9.17, 15) is 9.59 Å². The average Bonchev–Trinajstić information content (AvgIpc) is 2.53. The van der Waals surface area contributed by atoms with Crippen molar-refractivity contribution in [1.29, 1.82) is 0 Å². The molecule has 0 heterocycles. The number of hydrogen-bond donors (Lipinski definition) is 0. The van der Waals surface area contributed by atoms with Crippen LogP contribution in [-0.4, -0.2) is 11.6 Å². The van der Waals surface area contributed by atoms with E-state index in [0.717, 1.165) is 0 Å². The highest BCUT2D eigenvalue weighted by atomic mass is 16.1. The van der Waals surface area contributed by atoms with E-state index in [1.165, 1.54) is 6.08 Å². The van der Waals surface area contributed by atoms with Crippen molar-refractivity contribution in [3.63, 3.8) is 0 Å². The SMILES string of the molecule is O=C(C=C=CCC(=O)c1ccccc1)c1ccccc1. The number of carbonyl (C=O) groups excluding carboxylic acids is 2. The summed E-state index contributed by atoms with van der Waals surface area (Å²) >= 11 is 0. The lowest BCUT2D eigenvalue weighted by Gasteiger charge is -1.94. The Labute approximate surface area is 118 Å². The molecule has 0 aliphatic heterocycles. The Bertz CT molecular complexity index is 648. The molecule has 0 saturated carbocycles. The van der Waals surface area contributed by atoms with Crippen LogP contribution in [0, 0.1) is 0 Å². The zero-order valence-electron chi connectivity index (χ0n) is 11.0. The molecule has 98 valence electrons. The molecular formula is C18H14O2. The van der Waals surface area contributed by atoms with Crippen LogP contribution in [0.5, 0.6) is 0 Å². The summed E-state index contributed by atoms with van der Waals surface area (Å²) in [6.45, 7) is 0. The Balaban J connectivity index is 1.95. The molecule has 2 nitrogen and oxygen atoms in total. The Hall–Kier alpha value is -2.70. The predicted molar refractivity (Wildman–Crippen MR) is 78.8 cm³/mol. The van der Waals surface area contributed by atoms with Gasteiger partial charge < -0.3 is 0 Å². The third kappa shape index (κ3) is 3.91. The van der Waals surface area contributed by atoms with Gasteiger partial charge in [0.1, 0.15) is 0 Å². The van der Waals surface area contributed by atoms with E-state index in [-0.39, 0.29) is 18.0 Å². The first-order valence-electron chi connectivity index (χ1n) is 6.36. The third-order valence-electron chi connectivity index (χ3n) is 2.77. The molecule has 0 aliphatic rings. The van der Waals surface area contributed by atoms with Crippen molar-refractivity contribution in [2.24, 2.45) is 0 Å². The number of allylic oxidation sites excluding steroid dienone is 1. The number of carbonyl (C=O) groups is 2. The summed E-state index contributed by atoms with van der Waals surface area (Å²) in [5, 5.41) is 0. The van der Waals surface area contributed by atoms with Crippen LogP contribution >= 0.6 is 0 Å². The molecule has 0 aliphatic carbocycles. The fraction of sp³-hybridized carbons (Fsp3) is 0.0556. The highest BCUT2D eigenvalue weighted by molar-refractivity contribution is 6.04. The predicted octanol–water partition coefficient (Wildman–Crippen LogP) is 3.85. The Morgan fingerprint density at radius 3 is 2.00 bits per heavy atom. The van der Waals surface area contributed by atoms with E-state index < -0.39 is 0 Å². The van der Waals surface area contributed by atoms with E-state index in [4.69, 9.17) is 0 Å². The van der Waals surface area contributed by atoms with E-state index in [1.807, 2.05) is 36.4 Å². The quantitative estimate of drug-likeness (QED) is 0.466. The first-order chi connectivity index (χ1) is 9.77. The lowest BCUT2D eigenvalue weighted by Crippen LogP contribution is -1.95. The monoisotopic (exact) mass is 262 g/mol. The third-order valence-corrected chi connectivity index (χ3v) is 2.77. The van der Waals surface area contributed by atoms with Gasteiger partial charge in [-0.2, -0.15) is 0 Å². The van der Waals surface area contributed by atoms with E-state index in [2.05, 4.69) is 5.73 Å². The number of benzene rings is 2. The van der Waals surface area contributed by atoms with Crippen molar-refractivity contribution in [2.45, 2.75) is 6.42 Å². The molecule has 0 saturated heterocycles. The van der Waals surface area contributed by atoms with Gasteiger partial charge in [-0.1, -0.05) is 60.7 Å². The maximum atomic E-state index is 11.8. The molecule has 0 unspecified atom stereocenters. The highest BCUT2D eigenvalue weighted by Crippen LogP contribution is 2.03. The van der Waals surface area contributed by atoms with Gasteiger partial charge in [0, 0.05) is 23.6 Å². The number of ketones is 2. The summed E-state index contributed by atoms with van der Waals surface area (Å²) in [6, 6.07) is 18.0. The van der Waals surface area contributed by atoms with Crippen LogP contribution in [0.2, 0.25) is 0 Å². The molecule has 0 bridgehead atoms. The van der Waals surface area contributed by atoms with Gasteiger partial charge in [0.15, 0.2) is 11.6 Å². The molecule has 0 amide bonds. The van der Waals surface area contributed by atoms with E-state index >= 15 is 0 Å². The van der Waals surface area contributed by atoms with Crippen molar-refractivity contribution in [3.8, 4) is 0 Å². The minimum absolute atomic E-state index is 0.0126.